The average Bonchev–Trinajstić information content (AvgIpc) is 2.69. The second kappa shape index (κ2) is 5.29. The molecule has 0 amide bonds. The molecular formula is C13H13BrFNS. The SMILES string of the molecule is Cc1cc(F)ccc1CC(N)c1csc(Br)c1. The summed E-state index contributed by atoms with van der Waals surface area (Å²) in [4.78, 5) is 0. The van der Waals surface area contributed by atoms with Gasteiger partial charge in [-0.3, -0.25) is 0 Å². The highest BCUT2D eigenvalue weighted by atomic mass is 79.9. The summed E-state index contributed by atoms with van der Waals surface area (Å²) in [6.45, 7) is 1.91. The maximum Gasteiger partial charge on any atom is 0.123 e. The minimum absolute atomic E-state index is 0.0401. The lowest BCUT2D eigenvalue weighted by Gasteiger charge is -2.12. The highest BCUT2D eigenvalue weighted by Crippen LogP contribution is 2.26. The molecule has 1 atom stereocenters. The molecule has 0 bridgehead atoms. The Morgan fingerprint density at radius 3 is 2.76 bits per heavy atom. The zero-order valence-electron chi connectivity index (χ0n) is 9.41. The zero-order chi connectivity index (χ0) is 12.4. The summed E-state index contributed by atoms with van der Waals surface area (Å²) in [5.41, 5.74) is 9.31. The normalized spacial score (nSPS) is 12.7. The fraction of sp³-hybridized carbons (Fsp3) is 0.231. The molecule has 4 heteroatoms. The third-order valence-corrected chi connectivity index (χ3v) is 4.28. The molecular weight excluding hydrogens is 301 g/mol. The van der Waals surface area contributed by atoms with Gasteiger partial charge in [0.2, 0.25) is 0 Å². The van der Waals surface area contributed by atoms with Crippen molar-refractivity contribution < 1.29 is 4.39 Å². The lowest BCUT2D eigenvalue weighted by molar-refractivity contribution is 0.624. The summed E-state index contributed by atoms with van der Waals surface area (Å²) < 4.78 is 14.1. The minimum atomic E-state index is -0.196. The molecule has 1 aromatic heterocycles. The Morgan fingerprint density at radius 2 is 2.18 bits per heavy atom. The molecule has 0 aliphatic carbocycles. The van der Waals surface area contributed by atoms with E-state index in [1.54, 1.807) is 17.4 Å². The van der Waals surface area contributed by atoms with E-state index in [4.69, 9.17) is 5.73 Å². The third kappa shape index (κ3) is 3.15. The number of nitrogens with two attached hydrogens (primary N) is 1. The van der Waals surface area contributed by atoms with Crippen molar-refractivity contribution in [1.82, 2.24) is 0 Å². The van der Waals surface area contributed by atoms with Crippen molar-refractivity contribution in [2.75, 3.05) is 0 Å². The van der Waals surface area contributed by atoms with Crippen LogP contribution in [0.4, 0.5) is 4.39 Å². The Bertz CT molecular complexity index is 524. The van der Waals surface area contributed by atoms with Crippen molar-refractivity contribution in [3.63, 3.8) is 0 Å². The molecule has 1 nitrogen and oxygen atoms in total. The lowest BCUT2D eigenvalue weighted by Crippen LogP contribution is -2.13. The molecule has 2 aromatic rings. The first-order valence-electron chi connectivity index (χ1n) is 5.31. The van der Waals surface area contributed by atoms with Crippen molar-refractivity contribution >= 4 is 27.3 Å². The van der Waals surface area contributed by atoms with Crippen molar-refractivity contribution in [3.8, 4) is 0 Å². The molecule has 1 unspecified atom stereocenters. The number of thiophene rings is 1. The van der Waals surface area contributed by atoms with Crippen LogP contribution in [0.15, 0.2) is 33.4 Å². The van der Waals surface area contributed by atoms with Crippen LogP contribution in [0.3, 0.4) is 0 Å². The van der Waals surface area contributed by atoms with Gasteiger partial charge in [-0.15, -0.1) is 11.3 Å². The van der Waals surface area contributed by atoms with E-state index in [1.807, 2.05) is 24.4 Å². The molecule has 0 radical (unpaired) electrons. The largest absolute Gasteiger partial charge is 0.324 e. The van der Waals surface area contributed by atoms with Gasteiger partial charge in [0.15, 0.2) is 0 Å². The average molecular weight is 314 g/mol. The molecule has 0 aliphatic rings. The van der Waals surface area contributed by atoms with Crippen molar-refractivity contribution in [2.24, 2.45) is 5.73 Å². The number of benzene rings is 1. The van der Waals surface area contributed by atoms with Gasteiger partial charge in [-0.05, 0) is 69.5 Å². The summed E-state index contributed by atoms with van der Waals surface area (Å²) >= 11 is 5.05. The Labute approximate surface area is 113 Å². The van der Waals surface area contributed by atoms with Gasteiger partial charge in [-0.2, -0.15) is 0 Å². The van der Waals surface area contributed by atoms with Crippen LogP contribution in [0.5, 0.6) is 0 Å². The van der Waals surface area contributed by atoms with E-state index in [-0.39, 0.29) is 11.9 Å². The standard InChI is InChI=1S/C13H13BrFNS/c1-8-4-11(15)3-2-9(8)5-12(16)10-6-13(14)17-7-10/h2-4,6-7,12H,5,16H2,1H3. The Hall–Kier alpha value is -0.710. The summed E-state index contributed by atoms with van der Waals surface area (Å²) in [7, 11) is 0. The van der Waals surface area contributed by atoms with Gasteiger partial charge in [0.05, 0.1) is 3.79 Å². The number of hydrogen-bond donors (Lipinski definition) is 1. The first-order valence-corrected chi connectivity index (χ1v) is 6.98. The fourth-order valence-corrected chi connectivity index (χ4v) is 3.00. The monoisotopic (exact) mass is 313 g/mol. The van der Waals surface area contributed by atoms with E-state index in [9.17, 15) is 4.39 Å². The van der Waals surface area contributed by atoms with E-state index in [1.165, 1.54) is 6.07 Å². The molecule has 0 spiro atoms. The summed E-state index contributed by atoms with van der Waals surface area (Å²) in [5, 5.41) is 2.05. The minimum Gasteiger partial charge on any atom is -0.324 e. The van der Waals surface area contributed by atoms with Crippen molar-refractivity contribution in [2.45, 2.75) is 19.4 Å². The highest BCUT2D eigenvalue weighted by Gasteiger charge is 2.10. The van der Waals surface area contributed by atoms with E-state index in [0.29, 0.717) is 0 Å². The topological polar surface area (TPSA) is 26.0 Å². The quantitative estimate of drug-likeness (QED) is 0.903. The van der Waals surface area contributed by atoms with E-state index < -0.39 is 0 Å². The van der Waals surface area contributed by atoms with Crippen LogP contribution in [0.1, 0.15) is 22.7 Å². The predicted octanol–water partition coefficient (Wildman–Crippen LogP) is 4.20. The van der Waals surface area contributed by atoms with Gasteiger partial charge < -0.3 is 5.73 Å². The van der Waals surface area contributed by atoms with Crippen LogP contribution in [-0.2, 0) is 6.42 Å². The van der Waals surface area contributed by atoms with Crippen molar-refractivity contribution in [1.29, 1.82) is 0 Å². The van der Waals surface area contributed by atoms with Gasteiger partial charge in [-0.1, -0.05) is 6.07 Å². The second-order valence-corrected chi connectivity index (χ2v) is 6.36. The summed E-state index contributed by atoms with van der Waals surface area (Å²) in [5.74, 6) is -0.196. The highest BCUT2D eigenvalue weighted by molar-refractivity contribution is 9.11. The molecule has 0 saturated heterocycles. The van der Waals surface area contributed by atoms with Gasteiger partial charge in [0.1, 0.15) is 5.82 Å². The number of rotatable bonds is 3. The number of halogens is 2. The van der Waals surface area contributed by atoms with Gasteiger partial charge in [-0.25, -0.2) is 4.39 Å². The number of aryl methyl sites for hydroxylation is 1. The van der Waals surface area contributed by atoms with Gasteiger partial charge in [0, 0.05) is 6.04 Å². The van der Waals surface area contributed by atoms with Crippen molar-refractivity contribution in [3.05, 3.63) is 55.9 Å². The molecule has 90 valence electrons. The molecule has 0 fully saturated rings. The molecule has 2 N–H and O–H groups in total. The summed E-state index contributed by atoms with van der Waals surface area (Å²) in [6, 6.07) is 6.84. The van der Waals surface area contributed by atoms with Crippen LogP contribution in [0, 0.1) is 12.7 Å². The first kappa shape index (κ1) is 12.7. The van der Waals surface area contributed by atoms with E-state index in [2.05, 4.69) is 15.9 Å². The second-order valence-electron chi connectivity index (χ2n) is 4.07. The van der Waals surface area contributed by atoms with Gasteiger partial charge >= 0.3 is 0 Å². The fourth-order valence-electron chi connectivity index (χ4n) is 1.76. The van der Waals surface area contributed by atoms with Crippen LogP contribution in [-0.4, -0.2) is 0 Å². The maximum atomic E-state index is 13.0. The molecule has 1 aromatic carbocycles. The third-order valence-electron chi connectivity index (χ3n) is 2.76. The molecule has 0 saturated carbocycles. The van der Waals surface area contributed by atoms with E-state index in [0.717, 1.165) is 26.9 Å². The van der Waals surface area contributed by atoms with Crippen LogP contribution < -0.4 is 5.73 Å². The smallest absolute Gasteiger partial charge is 0.123 e. The molecule has 1 heterocycles. The van der Waals surface area contributed by atoms with E-state index >= 15 is 0 Å². The van der Waals surface area contributed by atoms with Crippen LogP contribution >= 0.6 is 27.3 Å². The van der Waals surface area contributed by atoms with Gasteiger partial charge in [0.25, 0.3) is 0 Å². The zero-order valence-corrected chi connectivity index (χ0v) is 11.8. The molecule has 2 rings (SSSR count). The number of hydrogen-bond acceptors (Lipinski definition) is 2. The first-order chi connectivity index (χ1) is 8.06. The Balaban J connectivity index is 2.15. The van der Waals surface area contributed by atoms with Crippen LogP contribution in [0.25, 0.3) is 0 Å². The molecule has 17 heavy (non-hydrogen) atoms. The Morgan fingerprint density at radius 1 is 1.41 bits per heavy atom. The van der Waals surface area contributed by atoms with Crippen LogP contribution in [0.2, 0.25) is 0 Å². The predicted molar refractivity (Wildman–Crippen MR) is 73.8 cm³/mol. The Kier molecular flexibility index (Phi) is 3.97. The lowest BCUT2D eigenvalue weighted by atomic mass is 9.98. The maximum absolute atomic E-state index is 13.0. The summed E-state index contributed by atoms with van der Waals surface area (Å²) in [6.07, 6.45) is 0.731. The molecule has 0 aliphatic heterocycles.